The predicted molar refractivity (Wildman–Crippen MR) is 140 cm³/mol. The van der Waals surface area contributed by atoms with Gasteiger partial charge in [0.25, 0.3) is 0 Å². The maximum absolute atomic E-state index is 9.15. The molecule has 3 rings (SSSR count). The Morgan fingerprint density at radius 1 is 1.12 bits per heavy atom. The molecular formula is C28H43N3O3. The maximum Gasteiger partial charge on any atom is 0.119 e. The van der Waals surface area contributed by atoms with Gasteiger partial charge in [0.1, 0.15) is 17.6 Å². The Hall–Kier alpha value is -2.31. The molecule has 0 unspecified atom stereocenters. The van der Waals surface area contributed by atoms with Crippen LogP contribution in [0.2, 0.25) is 0 Å². The molecule has 0 spiro atoms. The maximum atomic E-state index is 9.15. The van der Waals surface area contributed by atoms with Crippen molar-refractivity contribution in [3.8, 4) is 5.75 Å². The average molecular weight is 470 g/mol. The summed E-state index contributed by atoms with van der Waals surface area (Å²) in [7, 11) is 0. The highest BCUT2D eigenvalue weighted by Gasteiger charge is 2.21. The highest BCUT2D eigenvalue weighted by molar-refractivity contribution is 6.24. The van der Waals surface area contributed by atoms with Crippen LogP contribution in [0.3, 0.4) is 0 Å². The molecule has 1 aromatic carbocycles. The topological polar surface area (TPSA) is 80.3 Å². The normalized spacial score (nSPS) is 19.2. The fourth-order valence-electron chi connectivity index (χ4n) is 4.84. The first-order chi connectivity index (χ1) is 16.6. The minimum absolute atomic E-state index is 0.139. The van der Waals surface area contributed by atoms with Gasteiger partial charge in [-0.15, -0.1) is 0 Å². The van der Waals surface area contributed by atoms with E-state index < -0.39 is 0 Å². The van der Waals surface area contributed by atoms with Crippen LogP contribution in [0.4, 0.5) is 0 Å². The van der Waals surface area contributed by atoms with Crippen LogP contribution in [-0.2, 0) is 4.74 Å². The molecule has 1 aromatic rings. The van der Waals surface area contributed by atoms with Gasteiger partial charge in [0.15, 0.2) is 0 Å². The predicted octanol–water partition coefficient (Wildman–Crippen LogP) is 5.27. The lowest BCUT2D eigenvalue weighted by Gasteiger charge is -2.31. The lowest BCUT2D eigenvalue weighted by Crippen LogP contribution is -2.38. The van der Waals surface area contributed by atoms with Gasteiger partial charge in [0.05, 0.1) is 18.4 Å². The van der Waals surface area contributed by atoms with E-state index in [4.69, 9.17) is 20.4 Å². The number of benzene rings is 1. The Balaban J connectivity index is 1.70. The van der Waals surface area contributed by atoms with Gasteiger partial charge in [0.2, 0.25) is 0 Å². The van der Waals surface area contributed by atoms with Gasteiger partial charge >= 0.3 is 0 Å². The Kier molecular flexibility index (Phi) is 11.0. The first-order valence-electron chi connectivity index (χ1n) is 13.1. The quantitative estimate of drug-likeness (QED) is 0.143. The Morgan fingerprint density at radius 2 is 1.82 bits per heavy atom. The third-order valence-electron chi connectivity index (χ3n) is 6.83. The van der Waals surface area contributed by atoms with Crippen molar-refractivity contribution in [1.29, 1.82) is 0 Å². The summed E-state index contributed by atoms with van der Waals surface area (Å²) in [6.07, 6.45) is 13.3. The molecule has 1 saturated carbocycles. The Labute approximate surface area is 205 Å². The highest BCUT2D eigenvalue weighted by atomic mass is 16.5. The number of rotatable bonds is 12. The van der Waals surface area contributed by atoms with Crippen LogP contribution in [0, 0.1) is 0 Å². The van der Waals surface area contributed by atoms with E-state index in [1.54, 1.807) is 0 Å². The van der Waals surface area contributed by atoms with E-state index in [1.165, 1.54) is 19.3 Å². The number of hydrazone groups is 1. The van der Waals surface area contributed by atoms with E-state index >= 15 is 0 Å². The van der Waals surface area contributed by atoms with Gasteiger partial charge in [-0.1, -0.05) is 38.5 Å². The number of β-amino-alcohol motifs (C(OH)–C–C–N with tert-alkyl or cyclic N) is 1. The molecule has 1 saturated heterocycles. The van der Waals surface area contributed by atoms with Crippen molar-refractivity contribution in [3.05, 3.63) is 48.2 Å². The number of likely N-dealkylation sites (tertiary alicyclic amines) is 1. The van der Waals surface area contributed by atoms with Crippen LogP contribution in [0.25, 0.3) is 5.57 Å². The van der Waals surface area contributed by atoms with Crippen molar-refractivity contribution in [3.63, 3.8) is 0 Å². The average Bonchev–Trinajstić information content (AvgIpc) is 2.86. The zero-order valence-corrected chi connectivity index (χ0v) is 20.9. The van der Waals surface area contributed by atoms with Crippen molar-refractivity contribution < 1.29 is 14.6 Å². The number of hydrogen-bond acceptors (Lipinski definition) is 6. The van der Waals surface area contributed by atoms with E-state index in [2.05, 4.69) is 35.6 Å². The number of hydrogen-bond donors (Lipinski definition) is 2. The van der Waals surface area contributed by atoms with Crippen LogP contribution in [0.1, 0.15) is 76.7 Å². The molecule has 6 heteroatoms. The molecule has 1 heterocycles. The fourth-order valence-corrected chi connectivity index (χ4v) is 4.84. The number of allylic oxidation sites excluding steroid dienone is 2. The second kappa shape index (κ2) is 14.2. The number of aliphatic hydroxyl groups is 1. The van der Waals surface area contributed by atoms with Crippen molar-refractivity contribution in [2.45, 2.75) is 83.3 Å². The summed E-state index contributed by atoms with van der Waals surface area (Å²) < 4.78 is 12.4. The van der Waals surface area contributed by atoms with Gasteiger partial charge < -0.3 is 25.3 Å². The zero-order chi connectivity index (χ0) is 24.2. The number of unbranched alkanes of at least 4 members (excludes halogenated alkanes) is 1. The third kappa shape index (κ3) is 8.17. The summed E-state index contributed by atoms with van der Waals surface area (Å²) in [6.45, 7) is 9.15. The second-order valence-corrected chi connectivity index (χ2v) is 9.49. The molecule has 0 aromatic heterocycles. The molecule has 0 bridgehead atoms. The van der Waals surface area contributed by atoms with Crippen molar-refractivity contribution in [1.82, 2.24) is 4.90 Å². The van der Waals surface area contributed by atoms with Crippen LogP contribution in [0.15, 0.2) is 47.8 Å². The fraction of sp³-hybridized carbons (Fsp3) is 0.607. The summed E-state index contributed by atoms with van der Waals surface area (Å²) >= 11 is 0. The molecule has 34 heavy (non-hydrogen) atoms. The highest BCUT2D eigenvalue weighted by Crippen LogP contribution is 2.27. The third-order valence-corrected chi connectivity index (χ3v) is 6.83. The van der Waals surface area contributed by atoms with Gasteiger partial charge in [-0.2, -0.15) is 5.10 Å². The van der Waals surface area contributed by atoms with Crippen molar-refractivity contribution in [2.75, 3.05) is 26.2 Å². The van der Waals surface area contributed by atoms with Crippen LogP contribution >= 0.6 is 0 Å². The van der Waals surface area contributed by atoms with Crippen LogP contribution < -0.4 is 10.6 Å². The first kappa shape index (κ1) is 26.3. The van der Waals surface area contributed by atoms with Gasteiger partial charge in [-0.3, -0.25) is 0 Å². The Morgan fingerprint density at radius 3 is 2.44 bits per heavy atom. The molecule has 6 nitrogen and oxygen atoms in total. The molecule has 0 amide bonds. The largest absolute Gasteiger partial charge is 0.491 e. The number of ether oxygens (including phenoxy) is 2. The molecule has 3 N–H and O–H groups in total. The van der Waals surface area contributed by atoms with E-state index in [9.17, 15) is 0 Å². The smallest absolute Gasteiger partial charge is 0.119 e. The van der Waals surface area contributed by atoms with E-state index in [-0.39, 0.29) is 12.7 Å². The lowest BCUT2D eigenvalue weighted by atomic mass is 9.96. The zero-order valence-electron chi connectivity index (χ0n) is 20.9. The minimum Gasteiger partial charge on any atom is -0.491 e. The van der Waals surface area contributed by atoms with Gasteiger partial charge in [-0.25, -0.2) is 0 Å². The number of nitrogens with two attached hydrogens (primary N) is 1. The molecule has 1 aliphatic heterocycles. The van der Waals surface area contributed by atoms with Crippen molar-refractivity contribution >= 4 is 11.3 Å². The van der Waals surface area contributed by atoms with Crippen LogP contribution in [-0.4, -0.2) is 54.2 Å². The van der Waals surface area contributed by atoms with Crippen LogP contribution in [0.5, 0.6) is 5.75 Å². The molecule has 1 aliphatic carbocycles. The molecule has 2 aliphatic rings. The number of nitrogens with zero attached hydrogens (tertiary/aromatic N) is 2. The molecule has 2 fully saturated rings. The molecule has 0 radical (unpaired) electrons. The number of piperidine rings is 1. The summed E-state index contributed by atoms with van der Waals surface area (Å²) in [5, 5.41) is 13.3. The van der Waals surface area contributed by atoms with Crippen molar-refractivity contribution in [2.24, 2.45) is 10.9 Å². The summed E-state index contributed by atoms with van der Waals surface area (Å²) in [5.74, 6) is 7.39. The monoisotopic (exact) mass is 469 g/mol. The molecule has 0 atom stereocenters. The van der Waals surface area contributed by atoms with E-state index in [1.807, 2.05) is 18.2 Å². The van der Waals surface area contributed by atoms with E-state index in [0.29, 0.717) is 11.9 Å². The summed E-state index contributed by atoms with van der Waals surface area (Å²) in [4.78, 5) is 2.27. The first-order valence-corrected chi connectivity index (χ1v) is 13.1. The van der Waals surface area contributed by atoms with Gasteiger partial charge in [0, 0.05) is 25.2 Å². The van der Waals surface area contributed by atoms with Gasteiger partial charge in [-0.05, 0) is 75.1 Å². The standard InChI is InChI=1S/C28H43N3O3/c1-3-4-10-28(30-29)27(21-22(2)33-26-15-17-31(18-16-26)19-20-32)23-11-13-25(14-12-23)34-24-8-6-5-7-9-24/h11-14,21,24,26,32H,2-10,15-20,29H2,1H3/b27-21-,30-28-. The molecular weight excluding hydrogens is 426 g/mol. The number of aliphatic hydroxyl groups excluding tert-OH is 1. The minimum atomic E-state index is 0.139. The molecule has 188 valence electrons. The lowest BCUT2D eigenvalue weighted by molar-refractivity contribution is 0.0504. The Bertz CT molecular complexity index is 805. The summed E-state index contributed by atoms with van der Waals surface area (Å²) in [5.41, 5.74) is 2.87. The second-order valence-electron chi connectivity index (χ2n) is 9.49. The summed E-state index contributed by atoms with van der Waals surface area (Å²) in [6, 6.07) is 8.27. The SMILES string of the molecule is C=C(/C=C(\C(CCCC)=N/N)c1ccc(OC2CCCCC2)cc1)OC1CCN(CCO)CC1. The van der Waals surface area contributed by atoms with E-state index in [0.717, 1.165) is 87.2 Å².